The Labute approximate surface area is 253 Å². The lowest BCUT2D eigenvalue weighted by atomic mass is 9.61. The molecule has 0 bridgehead atoms. The molecule has 222 valence electrons. The van der Waals surface area contributed by atoms with Crippen molar-refractivity contribution >= 4 is 45.2 Å². The lowest BCUT2D eigenvalue weighted by Crippen LogP contribution is -2.69. The first-order valence-corrected chi connectivity index (χ1v) is 15.5. The number of halogens is 3. The Kier molecular flexibility index (Phi) is 8.75. The highest BCUT2D eigenvalue weighted by Crippen LogP contribution is 2.52. The van der Waals surface area contributed by atoms with E-state index in [9.17, 15) is 22.4 Å². The molecule has 3 aromatic rings. The van der Waals surface area contributed by atoms with Crippen molar-refractivity contribution in [1.29, 1.82) is 0 Å². The van der Waals surface area contributed by atoms with E-state index in [4.69, 9.17) is 27.9 Å². The molecule has 1 aliphatic carbocycles. The quantitative estimate of drug-likeness (QED) is 0.327. The molecule has 1 saturated heterocycles. The van der Waals surface area contributed by atoms with Gasteiger partial charge in [0.2, 0.25) is 10.0 Å². The molecular formula is C29H29Cl2FN4O5S. The van der Waals surface area contributed by atoms with Gasteiger partial charge >= 0.3 is 6.09 Å². The highest BCUT2D eigenvalue weighted by molar-refractivity contribution is 7.89. The molecule has 0 radical (unpaired) electrons. The molecule has 1 spiro atoms. The van der Waals surface area contributed by atoms with Crippen LogP contribution >= 0.6 is 23.2 Å². The van der Waals surface area contributed by atoms with Gasteiger partial charge in [-0.3, -0.25) is 4.79 Å². The summed E-state index contributed by atoms with van der Waals surface area (Å²) in [5, 5.41) is 2.82. The van der Waals surface area contributed by atoms with E-state index < -0.39 is 28.0 Å². The average molecular weight is 636 g/mol. The van der Waals surface area contributed by atoms with E-state index >= 15 is 0 Å². The third-order valence-electron chi connectivity index (χ3n) is 7.72. The Morgan fingerprint density at radius 3 is 2.43 bits per heavy atom. The van der Waals surface area contributed by atoms with Gasteiger partial charge in [-0.1, -0.05) is 65.7 Å². The molecule has 1 aromatic heterocycles. The maximum Gasteiger partial charge on any atom is 0.407 e. The van der Waals surface area contributed by atoms with Gasteiger partial charge in [-0.2, -0.15) is 4.31 Å². The minimum atomic E-state index is -3.97. The topological polar surface area (TPSA) is 109 Å². The van der Waals surface area contributed by atoms with Crippen LogP contribution in [0.1, 0.15) is 35.7 Å². The van der Waals surface area contributed by atoms with E-state index in [1.54, 1.807) is 11.8 Å². The number of ether oxygens (including phenoxy) is 1. The molecule has 1 aliphatic heterocycles. The van der Waals surface area contributed by atoms with Crippen LogP contribution in [0.15, 0.2) is 71.6 Å². The fraction of sp³-hybridized carbons (Fsp3) is 0.345. The van der Waals surface area contributed by atoms with Gasteiger partial charge in [-0.05, 0) is 49.6 Å². The summed E-state index contributed by atoms with van der Waals surface area (Å²) in [4.78, 5) is 31.4. The number of alkyl carbamates (subject to hydrolysis) is 1. The predicted molar refractivity (Wildman–Crippen MR) is 155 cm³/mol. The third-order valence-corrected chi connectivity index (χ3v) is 10.0. The van der Waals surface area contributed by atoms with Gasteiger partial charge in [0, 0.05) is 37.1 Å². The summed E-state index contributed by atoms with van der Waals surface area (Å²) in [7, 11) is -3.97. The summed E-state index contributed by atoms with van der Waals surface area (Å²) in [5.41, 5.74) is 0.678. The zero-order valence-electron chi connectivity index (χ0n) is 22.7. The monoisotopic (exact) mass is 634 g/mol. The molecule has 0 unspecified atom stereocenters. The van der Waals surface area contributed by atoms with Crippen molar-refractivity contribution in [3.8, 4) is 0 Å². The number of hydrogen-bond donors (Lipinski definition) is 1. The van der Waals surface area contributed by atoms with Crippen molar-refractivity contribution in [3.05, 3.63) is 94.0 Å². The van der Waals surface area contributed by atoms with Gasteiger partial charge in [-0.25, -0.2) is 22.6 Å². The summed E-state index contributed by atoms with van der Waals surface area (Å²) >= 11 is 12.2. The fourth-order valence-corrected chi connectivity index (χ4v) is 7.76. The smallest absolute Gasteiger partial charge is 0.407 e. The van der Waals surface area contributed by atoms with Crippen LogP contribution in [0.3, 0.4) is 0 Å². The number of hydrogen-bond acceptors (Lipinski definition) is 6. The van der Waals surface area contributed by atoms with E-state index in [0.29, 0.717) is 12.8 Å². The van der Waals surface area contributed by atoms with Gasteiger partial charge in [0.25, 0.3) is 5.91 Å². The second-order valence-electron chi connectivity index (χ2n) is 10.7. The van der Waals surface area contributed by atoms with E-state index in [1.807, 2.05) is 30.3 Å². The predicted octanol–water partition coefficient (Wildman–Crippen LogP) is 5.14. The minimum absolute atomic E-state index is 0.0419. The highest BCUT2D eigenvalue weighted by Gasteiger charge is 2.58. The normalized spacial score (nSPS) is 17.1. The van der Waals surface area contributed by atoms with Crippen molar-refractivity contribution in [2.45, 2.75) is 43.4 Å². The number of aromatic nitrogens is 1. The van der Waals surface area contributed by atoms with Crippen molar-refractivity contribution in [1.82, 2.24) is 19.5 Å². The second kappa shape index (κ2) is 12.2. The zero-order valence-corrected chi connectivity index (χ0v) is 25.0. The Bertz CT molecular complexity index is 1580. The summed E-state index contributed by atoms with van der Waals surface area (Å²) in [6.07, 6.45) is 0.440. The molecule has 5 rings (SSSR count). The number of nitrogens with zero attached hydrogens (tertiary/aromatic N) is 3. The van der Waals surface area contributed by atoms with Gasteiger partial charge < -0.3 is 15.0 Å². The third kappa shape index (κ3) is 6.24. The number of sulfonamides is 1. The maximum atomic E-state index is 14.2. The van der Waals surface area contributed by atoms with Crippen LogP contribution < -0.4 is 5.32 Å². The Morgan fingerprint density at radius 2 is 1.76 bits per heavy atom. The zero-order chi connectivity index (χ0) is 30.1. The standard InChI is InChI=1S/C29H29Cl2FN4O5S/c1-19(15-33-28(38)41-16-20-7-3-2-4-8-20)36(27(37)22-11-12-25(30)34-26(22)31)21-13-29(14-21)17-35(18-29)42(39,40)24-10-6-5-9-23(24)32/h2-12,19,21H,13-18H2,1H3,(H,33,38)/t19-/m1/s1. The number of carbonyl (C=O) groups is 2. The number of benzene rings is 2. The van der Waals surface area contributed by atoms with Gasteiger partial charge in [0.1, 0.15) is 27.6 Å². The van der Waals surface area contributed by atoms with Crippen LogP contribution in [-0.4, -0.2) is 66.3 Å². The Balaban J connectivity index is 1.25. The summed E-state index contributed by atoms with van der Waals surface area (Å²) < 4.78 is 46.7. The second-order valence-corrected chi connectivity index (χ2v) is 13.4. The lowest BCUT2D eigenvalue weighted by molar-refractivity contribution is -0.0737. The molecule has 13 heteroatoms. The average Bonchev–Trinajstić information content (AvgIpc) is 2.91. The van der Waals surface area contributed by atoms with Gasteiger partial charge in [-0.15, -0.1) is 0 Å². The first-order valence-electron chi connectivity index (χ1n) is 13.3. The number of rotatable bonds is 9. The van der Waals surface area contributed by atoms with Crippen LogP contribution in [0.25, 0.3) is 0 Å². The Morgan fingerprint density at radius 1 is 1.10 bits per heavy atom. The van der Waals surface area contributed by atoms with Crippen molar-refractivity contribution in [3.63, 3.8) is 0 Å². The van der Waals surface area contributed by atoms with E-state index in [-0.39, 0.29) is 64.4 Å². The number of nitrogens with one attached hydrogen (secondary N) is 1. The van der Waals surface area contributed by atoms with Crippen LogP contribution in [0, 0.1) is 11.2 Å². The first kappa shape index (κ1) is 30.2. The largest absolute Gasteiger partial charge is 0.445 e. The highest BCUT2D eigenvalue weighted by atomic mass is 35.5. The molecular weight excluding hydrogens is 606 g/mol. The molecule has 42 heavy (non-hydrogen) atoms. The Hall–Kier alpha value is -3.25. The van der Waals surface area contributed by atoms with Crippen LogP contribution in [-0.2, 0) is 21.4 Å². The lowest BCUT2D eigenvalue weighted by Gasteiger charge is -2.60. The van der Waals surface area contributed by atoms with Crippen LogP contribution in [0.4, 0.5) is 9.18 Å². The number of pyridine rings is 1. The number of carbonyl (C=O) groups excluding carboxylic acids is 2. The molecule has 2 heterocycles. The van der Waals surface area contributed by atoms with Gasteiger partial charge in [0.15, 0.2) is 0 Å². The van der Waals surface area contributed by atoms with Gasteiger partial charge in [0.05, 0.1) is 5.56 Å². The maximum absolute atomic E-state index is 14.2. The van der Waals surface area contributed by atoms with Crippen molar-refractivity contribution in [2.24, 2.45) is 5.41 Å². The first-order chi connectivity index (χ1) is 20.0. The van der Waals surface area contributed by atoms with E-state index in [1.165, 1.54) is 34.6 Å². The number of amides is 2. The molecule has 2 aromatic carbocycles. The van der Waals surface area contributed by atoms with E-state index in [0.717, 1.165) is 11.6 Å². The molecule has 9 nitrogen and oxygen atoms in total. The summed E-state index contributed by atoms with van der Waals surface area (Å²) in [6, 6.07) is 16.8. The SMILES string of the molecule is C[C@H](CNC(=O)OCc1ccccc1)N(C(=O)c1ccc(Cl)nc1Cl)C1CC2(C1)CN(S(=O)(=O)c1ccccc1F)C2. The summed E-state index contributed by atoms with van der Waals surface area (Å²) in [5.74, 6) is -1.18. The summed E-state index contributed by atoms with van der Waals surface area (Å²) in [6.45, 7) is 2.46. The molecule has 2 amide bonds. The molecule has 1 saturated carbocycles. The fourth-order valence-electron chi connectivity index (χ4n) is 5.60. The molecule has 1 N–H and O–H groups in total. The molecule has 1 atom stereocenters. The van der Waals surface area contributed by atoms with Crippen LogP contribution in [0.5, 0.6) is 0 Å². The molecule has 2 aliphatic rings. The molecule has 2 fully saturated rings. The van der Waals surface area contributed by atoms with Crippen molar-refractivity contribution in [2.75, 3.05) is 19.6 Å². The van der Waals surface area contributed by atoms with Crippen molar-refractivity contribution < 1.29 is 27.1 Å². The van der Waals surface area contributed by atoms with E-state index in [2.05, 4.69) is 10.3 Å². The minimum Gasteiger partial charge on any atom is -0.445 e. The van der Waals surface area contributed by atoms with Crippen LogP contribution in [0.2, 0.25) is 10.3 Å².